The molecule has 1 aliphatic rings. The van der Waals surface area contributed by atoms with Crippen LogP contribution in [-0.4, -0.2) is 53.0 Å². The molecule has 1 unspecified atom stereocenters. The molecule has 0 bridgehead atoms. The Morgan fingerprint density at radius 1 is 1.12 bits per heavy atom. The molecule has 1 aliphatic carbocycles. The van der Waals surface area contributed by atoms with E-state index in [1.165, 1.54) is 36.8 Å². The summed E-state index contributed by atoms with van der Waals surface area (Å²) in [6.07, 6.45) is 2.66. The lowest BCUT2D eigenvalue weighted by molar-refractivity contribution is 0.0941. The van der Waals surface area contributed by atoms with E-state index in [1.54, 1.807) is 0 Å². The van der Waals surface area contributed by atoms with Gasteiger partial charge in [-0.05, 0) is 53.7 Å². The minimum atomic E-state index is -2.17. The highest BCUT2D eigenvalue weighted by atomic mass is 35.5. The van der Waals surface area contributed by atoms with Gasteiger partial charge in [0.2, 0.25) is 14.1 Å². The molecule has 2 heterocycles. The van der Waals surface area contributed by atoms with E-state index in [-0.39, 0.29) is 61.4 Å². The van der Waals surface area contributed by atoms with Crippen molar-refractivity contribution in [2.75, 3.05) is 11.9 Å². The molecule has 0 amide bonds. The van der Waals surface area contributed by atoms with E-state index in [4.69, 9.17) is 27.6 Å². The van der Waals surface area contributed by atoms with Crippen molar-refractivity contribution in [1.29, 1.82) is 0 Å². The highest BCUT2D eigenvalue weighted by Gasteiger charge is 2.49. The number of anilines is 1. The van der Waals surface area contributed by atoms with Crippen molar-refractivity contribution in [2.45, 2.75) is 89.3 Å². The van der Waals surface area contributed by atoms with Crippen LogP contribution >= 0.6 is 34.5 Å². The molecule has 2 aromatic heterocycles. The summed E-state index contributed by atoms with van der Waals surface area (Å²) in [7, 11) is -2.17. The molecule has 7 nitrogen and oxygen atoms in total. The van der Waals surface area contributed by atoms with E-state index in [0.717, 1.165) is 11.3 Å². The second kappa shape index (κ2) is 14.0. The van der Waals surface area contributed by atoms with Gasteiger partial charge in [0.1, 0.15) is 24.1 Å². The number of ketones is 1. The zero-order valence-electron chi connectivity index (χ0n) is 25.3. The van der Waals surface area contributed by atoms with Gasteiger partial charge in [-0.2, -0.15) is 0 Å². The van der Waals surface area contributed by atoms with Crippen LogP contribution < -0.4 is 5.32 Å². The molecular formula is C31H40Cl2FN3O4SSi. The van der Waals surface area contributed by atoms with Gasteiger partial charge >= 0.3 is 0 Å². The minimum Gasteiger partial charge on any atom is -0.413 e. The quantitative estimate of drug-likeness (QED) is 0.133. The molecule has 0 radical (unpaired) electrons. The normalized spacial score (nSPS) is 19.9. The van der Waals surface area contributed by atoms with E-state index in [9.17, 15) is 19.4 Å². The molecule has 1 fully saturated rings. The van der Waals surface area contributed by atoms with Gasteiger partial charge in [0.25, 0.3) is 0 Å². The van der Waals surface area contributed by atoms with Crippen molar-refractivity contribution in [3.8, 4) is 0 Å². The Labute approximate surface area is 268 Å². The zero-order valence-corrected chi connectivity index (χ0v) is 28.6. The Morgan fingerprint density at radius 2 is 1.79 bits per heavy atom. The molecule has 1 saturated carbocycles. The Balaban J connectivity index is 1.56. The highest BCUT2D eigenvalue weighted by Crippen LogP contribution is 2.46. The lowest BCUT2D eigenvalue weighted by Crippen LogP contribution is -2.51. The maximum Gasteiger partial charge on any atom is 0.208 e. The number of benzene rings is 1. The fourth-order valence-corrected chi connectivity index (χ4v) is 13.8. The van der Waals surface area contributed by atoms with E-state index in [1.807, 2.05) is 0 Å². The summed E-state index contributed by atoms with van der Waals surface area (Å²) >= 11 is 13.4. The number of thiophene rings is 1. The third-order valence-corrected chi connectivity index (χ3v) is 16.5. The second-order valence-corrected chi connectivity index (χ2v) is 19.7. The summed E-state index contributed by atoms with van der Waals surface area (Å²) < 4.78 is 21.7. The molecule has 0 spiro atoms. The number of rotatable bonds is 12. The lowest BCUT2D eigenvalue weighted by Gasteiger charge is -2.45. The van der Waals surface area contributed by atoms with Gasteiger partial charge in [-0.25, -0.2) is 14.4 Å². The van der Waals surface area contributed by atoms with Crippen LogP contribution in [0.5, 0.6) is 0 Å². The number of hydrogen-bond acceptors (Lipinski definition) is 8. The predicted octanol–water partition coefficient (Wildman–Crippen LogP) is 8.04. The largest absolute Gasteiger partial charge is 0.413 e. The van der Waals surface area contributed by atoms with Crippen LogP contribution in [0.3, 0.4) is 0 Å². The standard InChI is InChI=1S/C31H40Cl2FN3O4SSi/c1-16(2)43(17(3)4,18(5)6)41-26-11-21(9-19(26)14-38)37-31-24(13-35-15-36-31)29(40)27-12-23(30(33)42-27)28(39)22-10-20(32)7-8-25(22)34/h7-8,10,12-13,15-19,21,26,28,38-39H,9,11,14H2,1-6H3,(H,35,36,37)/t19-,21-,26+,28?/m1/s1. The van der Waals surface area contributed by atoms with Gasteiger partial charge in [0, 0.05) is 40.9 Å². The van der Waals surface area contributed by atoms with Gasteiger partial charge in [0.05, 0.1) is 20.9 Å². The molecule has 12 heteroatoms. The number of nitrogens with zero attached hydrogens (tertiary/aromatic N) is 2. The predicted molar refractivity (Wildman–Crippen MR) is 173 cm³/mol. The second-order valence-electron chi connectivity index (χ2n) is 12.3. The van der Waals surface area contributed by atoms with E-state index >= 15 is 0 Å². The number of carbonyl (C=O) groups is 1. The fourth-order valence-electron chi connectivity index (χ4n) is 6.72. The van der Waals surface area contributed by atoms with Crippen molar-refractivity contribution in [2.24, 2.45) is 5.92 Å². The van der Waals surface area contributed by atoms with Gasteiger partial charge < -0.3 is 20.0 Å². The summed E-state index contributed by atoms with van der Waals surface area (Å²) in [5, 5.41) is 24.9. The van der Waals surface area contributed by atoms with Crippen LogP contribution in [0, 0.1) is 11.7 Å². The molecule has 0 aliphatic heterocycles. The minimum absolute atomic E-state index is 0.0171. The number of aliphatic hydroxyl groups excluding tert-OH is 2. The van der Waals surface area contributed by atoms with Crippen LogP contribution in [0.1, 0.15) is 86.9 Å². The van der Waals surface area contributed by atoms with Gasteiger partial charge in [0.15, 0.2) is 0 Å². The zero-order chi connectivity index (χ0) is 31.6. The van der Waals surface area contributed by atoms with Crippen LogP contribution in [0.2, 0.25) is 26.0 Å². The molecule has 4 atom stereocenters. The third-order valence-electron chi connectivity index (χ3n) is 8.71. The fraction of sp³-hybridized carbons (Fsp3) is 0.516. The average molecular weight is 669 g/mol. The Bertz CT molecular complexity index is 1420. The van der Waals surface area contributed by atoms with Crippen molar-refractivity contribution >= 4 is 54.5 Å². The van der Waals surface area contributed by atoms with Crippen LogP contribution in [-0.2, 0) is 4.43 Å². The van der Waals surface area contributed by atoms with Crippen LogP contribution in [0.15, 0.2) is 36.8 Å². The van der Waals surface area contributed by atoms with Crippen molar-refractivity contribution in [3.63, 3.8) is 0 Å². The summed E-state index contributed by atoms with van der Waals surface area (Å²) in [6, 6.07) is 5.28. The maximum absolute atomic E-state index is 14.4. The Kier molecular flexibility index (Phi) is 11.1. The first-order valence-electron chi connectivity index (χ1n) is 14.6. The van der Waals surface area contributed by atoms with Crippen LogP contribution in [0.4, 0.5) is 10.2 Å². The first kappa shape index (κ1) is 34.0. The maximum atomic E-state index is 14.4. The van der Waals surface area contributed by atoms with Crippen molar-refractivity contribution in [1.82, 2.24) is 9.97 Å². The lowest BCUT2D eigenvalue weighted by atomic mass is 10.0. The number of aliphatic hydroxyl groups is 2. The number of carbonyl (C=O) groups excluding carboxylic acids is 1. The Morgan fingerprint density at radius 3 is 2.42 bits per heavy atom. The highest BCUT2D eigenvalue weighted by molar-refractivity contribution is 7.18. The average Bonchev–Trinajstić information content (AvgIpc) is 3.54. The number of hydrogen-bond donors (Lipinski definition) is 3. The SMILES string of the molecule is CC(C)[Si](O[C@H]1C[C@H](Nc2ncncc2C(=O)c2cc(C(O)c3cc(Cl)ccc3F)c(Cl)s2)C[C@@H]1CO)(C(C)C)C(C)C. The van der Waals surface area contributed by atoms with E-state index < -0.39 is 20.2 Å². The topological polar surface area (TPSA) is 105 Å². The number of aromatic nitrogens is 2. The number of halogens is 3. The van der Waals surface area contributed by atoms with Gasteiger partial charge in [-0.1, -0.05) is 64.7 Å². The summed E-state index contributed by atoms with van der Waals surface area (Å²) in [4.78, 5) is 22.4. The summed E-state index contributed by atoms with van der Waals surface area (Å²) in [5.41, 5.74) is 1.67. The molecule has 3 N–H and O–H groups in total. The third kappa shape index (κ3) is 7.00. The molecule has 1 aromatic carbocycles. The van der Waals surface area contributed by atoms with Crippen molar-refractivity contribution in [3.05, 3.63) is 73.5 Å². The van der Waals surface area contributed by atoms with Crippen LogP contribution in [0.25, 0.3) is 0 Å². The monoisotopic (exact) mass is 667 g/mol. The molecule has 43 heavy (non-hydrogen) atoms. The molecular weight excluding hydrogens is 628 g/mol. The first-order chi connectivity index (χ1) is 20.3. The summed E-state index contributed by atoms with van der Waals surface area (Å²) in [6.45, 7) is 13.5. The molecule has 3 aromatic rings. The molecule has 0 saturated heterocycles. The molecule has 234 valence electrons. The number of nitrogens with one attached hydrogen (secondary N) is 1. The smallest absolute Gasteiger partial charge is 0.208 e. The molecule has 4 rings (SSSR count). The Hall–Kier alpha value is -1.92. The van der Waals surface area contributed by atoms with Crippen molar-refractivity contribution < 1.29 is 23.8 Å². The van der Waals surface area contributed by atoms with E-state index in [0.29, 0.717) is 35.3 Å². The van der Waals surface area contributed by atoms with E-state index in [2.05, 4.69) is 56.8 Å². The first-order valence-corrected chi connectivity index (χ1v) is 18.3. The van der Waals surface area contributed by atoms with Gasteiger partial charge in [-0.3, -0.25) is 4.79 Å². The summed E-state index contributed by atoms with van der Waals surface area (Å²) in [5.74, 6) is -0.677. The van der Waals surface area contributed by atoms with Gasteiger partial charge in [-0.15, -0.1) is 11.3 Å².